The Morgan fingerprint density at radius 1 is 1.21 bits per heavy atom. The summed E-state index contributed by atoms with van der Waals surface area (Å²) >= 11 is 12.0. The summed E-state index contributed by atoms with van der Waals surface area (Å²) in [5.41, 5.74) is 1.85. The van der Waals surface area contributed by atoms with Crippen molar-refractivity contribution in [3.8, 4) is 11.4 Å². The monoisotopic (exact) mass is 295 g/mol. The summed E-state index contributed by atoms with van der Waals surface area (Å²) in [6.45, 7) is 0. The molecule has 96 valence electrons. The fourth-order valence-electron chi connectivity index (χ4n) is 1.98. The average Bonchev–Trinajstić information content (AvgIpc) is 2.68. The second-order valence-corrected chi connectivity index (χ2v) is 4.92. The first-order valence-electron chi connectivity index (χ1n) is 5.49. The second-order valence-electron chi connectivity index (χ2n) is 4.10. The van der Waals surface area contributed by atoms with E-state index in [2.05, 4.69) is 9.97 Å². The molecule has 0 atom stereocenters. The third-order valence-electron chi connectivity index (χ3n) is 2.94. The maximum atomic E-state index is 13.8. The predicted octanol–water partition coefficient (Wildman–Crippen LogP) is 4.08. The lowest BCUT2D eigenvalue weighted by Crippen LogP contribution is -1.95. The van der Waals surface area contributed by atoms with Crippen molar-refractivity contribution in [1.29, 1.82) is 0 Å². The van der Waals surface area contributed by atoms with E-state index in [4.69, 9.17) is 23.2 Å². The average molecular weight is 296 g/mol. The number of halogens is 3. The fraction of sp³-hybridized carbons (Fsp3) is 0.0769. The topological polar surface area (TPSA) is 30.7 Å². The number of rotatable bonds is 1. The van der Waals surface area contributed by atoms with Crippen LogP contribution >= 0.6 is 23.2 Å². The number of fused-ring (bicyclic) bond motifs is 1. The van der Waals surface area contributed by atoms with Gasteiger partial charge in [0.15, 0.2) is 5.82 Å². The predicted molar refractivity (Wildman–Crippen MR) is 73.9 cm³/mol. The second kappa shape index (κ2) is 4.47. The van der Waals surface area contributed by atoms with E-state index in [0.29, 0.717) is 26.9 Å². The van der Waals surface area contributed by atoms with Gasteiger partial charge in [-0.25, -0.2) is 9.37 Å². The third kappa shape index (κ3) is 1.97. The van der Waals surface area contributed by atoms with E-state index < -0.39 is 5.82 Å². The molecule has 0 saturated heterocycles. The van der Waals surface area contributed by atoms with Crippen molar-refractivity contribution in [2.75, 3.05) is 0 Å². The molecule has 0 aliphatic rings. The lowest BCUT2D eigenvalue weighted by molar-refractivity contribution is 0.622. The molecule has 2 aromatic heterocycles. The highest BCUT2D eigenvalue weighted by atomic mass is 35.5. The number of imidazole rings is 1. The molecule has 6 heteroatoms. The standard InChI is InChI=1S/C13H8Cl2FN3/c1-19-12-5-9(15)8(14)4-11(12)18-13(19)7-2-3-17-6-10(7)16/h2-6H,1H3. The van der Waals surface area contributed by atoms with Crippen LogP contribution in [0.5, 0.6) is 0 Å². The molecule has 3 nitrogen and oxygen atoms in total. The Hall–Kier alpha value is -1.65. The Kier molecular flexibility index (Phi) is 2.92. The SMILES string of the molecule is Cn1c(-c2ccncc2F)nc2cc(Cl)c(Cl)cc21. The Bertz CT molecular complexity index is 783. The number of pyridine rings is 1. The van der Waals surface area contributed by atoms with Gasteiger partial charge in [0, 0.05) is 13.2 Å². The van der Waals surface area contributed by atoms with Gasteiger partial charge >= 0.3 is 0 Å². The number of aryl methyl sites for hydroxylation is 1. The first-order valence-corrected chi connectivity index (χ1v) is 6.25. The van der Waals surface area contributed by atoms with Crippen molar-refractivity contribution in [3.05, 3.63) is 46.5 Å². The molecule has 0 saturated carbocycles. The van der Waals surface area contributed by atoms with E-state index in [9.17, 15) is 4.39 Å². The van der Waals surface area contributed by atoms with E-state index in [0.717, 1.165) is 11.7 Å². The van der Waals surface area contributed by atoms with Crippen molar-refractivity contribution < 1.29 is 4.39 Å². The van der Waals surface area contributed by atoms with Crippen LogP contribution in [0.2, 0.25) is 10.0 Å². The molecule has 0 bridgehead atoms. The molecule has 0 radical (unpaired) electrons. The Morgan fingerprint density at radius 2 is 1.95 bits per heavy atom. The zero-order valence-corrected chi connectivity index (χ0v) is 11.4. The highest BCUT2D eigenvalue weighted by Gasteiger charge is 2.14. The van der Waals surface area contributed by atoms with Crippen molar-refractivity contribution in [2.24, 2.45) is 7.05 Å². The molecule has 0 spiro atoms. The lowest BCUT2D eigenvalue weighted by Gasteiger charge is -2.03. The molecule has 0 amide bonds. The van der Waals surface area contributed by atoms with Crippen LogP contribution in [0.3, 0.4) is 0 Å². The minimum atomic E-state index is -0.418. The molecule has 1 aromatic carbocycles. The molecular formula is C13H8Cl2FN3. The van der Waals surface area contributed by atoms with E-state index in [-0.39, 0.29) is 0 Å². The lowest BCUT2D eigenvalue weighted by atomic mass is 10.2. The van der Waals surface area contributed by atoms with Crippen LogP contribution in [0.1, 0.15) is 0 Å². The van der Waals surface area contributed by atoms with Crippen molar-refractivity contribution in [3.63, 3.8) is 0 Å². The van der Waals surface area contributed by atoms with Crippen LogP contribution in [0.15, 0.2) is 30.6 Å². The van der Waals surface area contributed by atoms with Gasteiger partial charge in [-0.05, 0) is 18.2 Å². The van der Waals surface area contributed by atoms with Crippen LogP contribution in [-0.4, -0.2) is 14.5 Å². The summed E-state index contributed by atoms with van der Waals surface area (Å²) in [7, 11) is 1.80. The summed E-state index contributed by atoms with van der Waals surface area (Å²) in [6.07, 6.45) is 2.69. The molecule has 0 aliphatic heterocycles. The highest BCUT2D eigenvalue weighted by molar-refractivity contribution is 6.42. The number of benzene rings is 1. The molecule has 3 aromatic rings. The van der Waals surface area contributed by atoms with Gasteiger partial charge in [0.25, 0.3) is 0 Å². The van der Waals surface area contributed by atoms with E-state index in [1.54, 1.807) is 29.8 Å². The number of hydrogen-bond acceptors (Lipinski definition) is 2. The van der Waals surface area contributed by atoms with Crippen molar-refractivity contribution in [2.45, 2.75) is 0 Å². The summed E-state index contributed by atoms with van der Waals surface area (Å²) in [5, 5.41) is 0.868. The van der Waals surface area contributed by atoms with E-state index >= 15 is 0 Å². The van der Waals surface area contributed by atoms with Gasteiger partial charge in [0.1, 0.15) is 5.82 Å². The van der Waals surface area contributed by atoms with Gasteiger partial charge in [0.2, 0.25) is 0 Å². The zero-order chi connectivity index (χ0) is 13.6. The molecule has 2 heterocycles. The zero-order valence-electron chi connectivity index (χ0n) is 9.86. The summed E-state index contributed by atoms with van der Waals surface area (Å²) in [4.78, 5) is 8.13. The summed E-state index contributed by atoms with van der Waals surface area (Å²) in [5.74, 6) is 0.0892. The van der Waals surface area contributed by atoms with Gasteiger partial charge in [-0.3, -0.25) is 4.98 Å². The quantitative estimate of drug-likeness (QED) is 0.677. The van der Waals surface area contributed by atoms with Crippen molar-refractivity contribution >= 4 is 34.2 Å². The van der Waals surface area contributed by atoms with E-state index in [1.807, 2.05) is 0 Å². The van der Waals surface area contributed by atoms with Crippen LogP contribution in [0.25, 0.3) is 22.4 Å². The summed E-state index contributed by atoms with van der Waals surface area (Å²) < 4.78 is 15.5. The number of nitrogens with zero attached hydrogens (tertiary/aromatic N) is 3. The smallest absolute Gasteiger partial charge is 0.152 e. The molecule has 0 aliphatic carbocycles. The maximum absolute atomic E-state index is 13.8. The molecule has 0 unspecified atom stereocenters. The van der Waals surface area contributed by atoms with Crippen molar-refractivity contribution in [1.82, 2.24) is 14.5 Å². The van der Waals surface area contributed by atoms with Gasteiger partial charge in [-0.15, -0.1) is 0 Å². The first-order chi connectivity index (χ1) is 9.08. The minimum absolute atomic E-state index is 0.390. The first kappa shape index (κ1) is 12.4. The molecular weight excluding hydrogens is 288 g/mol. The third-order valence-corrected chi connectivity index (χ3v) is 3.66. The normalized spacial score (nSPS) is 11.2. The Labute approximate surface area is 118 Å². The largest absolute Gasteiger partial charge is 0.327 e. The maximum Gasteiger partial charge on any atom is 0.152 e. The molecule has 0 N–H and O–H groups in total. The van der Waals surface area contributed by atoms with Gasteiger partial charge < -0.3 is 4.57 Å². The molecule has 3 rings (SSSR count). The fourth-order valence-corrected chi connectivity index (χ4v) is 2.30. The number of aromatic nitrogens is 3. The molecule has 19 heavy (non-hydrogen) atoms. The number of hydrogen-bond donors (Lipinski definition) is 0. The van der Waals surface area contributed by atoms with E-state index in [1.165, 1.54) is 6.20 Å². The molecule has 0 fully saturated rings. The van der Waals surface area contributed by atoms with Crippen LogP contribution in [0.4, 0.5) is 4.39 Å². The Balaban J connectivity index is 2.32. The summed E-state index contributed by atoms with van der Waals surface area (Å²) in [6, 6.07) is 4.97. The minimum Gasteiger partial charge on any atom is -0.327 e. The van der Waals surface area contributed by atoms with Gasteiger partial charge in [-0.1, -0.05) is 23.2 Å². The van der Waals surface area contributed by atoms with Crippen LogP contribution < -0.4 is 0 Å². The van der Waals surface area contributed by atoms with Crippen LogP contribution in [-0.2, 0) is 7.05 Å². The van der Waals surface area contributed by atoms with Crippen LogP contribution in [0, 0.1) is 5.82 Å². The Morgan fingerprint density at radius 3 is 2.68 bits per heavy atom. The highest BCUT2D eigenvalue weighted by Crippen LogP contribution is 2.31. The van der Waals surface area contributed by atoms with Gasteiger partial charge in [-0.2, -0.15) is 0 Å². The van der Waals surface area contributed by atoms with Gasteiger partial charge in [0.05, 0.1) is 32.8 Å².